The molecule has 0 aliphatic carbocycles. The highest BCUT2D eigenvalue weighted by Crippen LogP contribution is 2.29. The van der Waals surface area contributed by atoms with E-state index in [0.717, 1.165) is 12.0 Å². The number of nitrogens with one attached hydrogen (secondary N) is 1. The Morgan fingerprint density at radius 1 is 1.05 bits per heavy atom. The van der Waals surface area contributed by atoms with Gasteiger partial charge in [-0.1, -0.05) is 37.3 Å². The topological polar surface area (TPSA) is 12.0 Å². The van der Waals surface area contributed by atoms with Crippen LogP contribution in [0.1, 0.15) is 30.5 Å². The smallest absolute Gasteiger partial charge is 0.136 e. The lowest BCUT2D eigenvalue weighted by Crippen LogP contribution is -2.14. The molecule has 106 valence electrons. The summed E-state index contributed by atoms with van der Waals surface area (Å²) < 4.78 is 27.9. The minimum Gasteiger partial charge on any atom is -0.313 e. The normalized spacial score (nSPS) is 12.4. The Kier molecular flexibility index (Phi) is 4.50. The molecule has 0 saturated heterocycles. The molecule has 0 amide bonds. The fourth-order valence-electron chi connectivity index (χ4n) is 2.41. The first-order chi connectivity index (χ1) is 9.58. The van der Waals surface area contributed by atoms with Crippen LogP contribution in [0.4, 0.5) is 8.78 Å². The van der Waals surface area contributed by atoms with Gasteiger partial charge < -0.3 is 5.32 Å². The van der Waals surface area contributed by atoms with Crippen LogP contribution in [0.15, 0.2) is 36.4 Å². The first kappa shape index (κ1) is 14.7. The van der Waals surface area contributed by atoms with Gasteiger partial charge in [-0.05, 0) is 43.1 Å². The van der Waals surface area contributed by atoms with Gasteiger partial charge in [0.15, 0.2) is 0 Å². The summed E-state index contributed by atoms with van der Waals surface area (Å²) in [6.07, 6.45) is 0.961. The van der Waals surface area contributed by atoms with Crippen molar-refractivity contribution in [3.05, 3.63) is 59.2 Å². The van der Waals surface area contributed by atoms with E-state index in [9.17, 15) is 8.78 Å². The van der Waals surface area contributed by atoms with Crippen molar-refractivity contribution >= 4 is 0 Å². The Morgan fingerprint density at radius 2 is 1.70 bits per heavy atom. The van der Waals surface area contributed by atoms with Gasteiger partial charge in [-0.2, -0.15) is 0 Å². The van der Waals surface area contributed by atoms with E-state index in [1.54, 1.807) is 19.1 Å². The molecule has 2 aromatic carbocycles. The second-order valence-corrected chi connectivity index (χ2v) is 4.92. The van der Waals surface area contributed by atoms with Gasteiger partial charge in [-0.3, -0.25) is 0 Å². The van der Waals surface area contributed by atoms with E-state index in [-0.39, 0.29) is 11.6 Å². The third-order valence-corrected chi connectivity index (χ3v) is 3.64. The molecule has 0 bridgehead atoms. The first-order valence-electron chi connectivity index (χ1n) is 6.80. The molecule has 3 heteroatoms. The third-order valence-electron chi connectivity index (χ3n) is 3.64. The highest BCUT2D eigenvalue weighted by molar-refractivity contribution is 5.66. The Labute approximate surface area is 118 Å². The van der Waals surface area contributed by atoms with Gasteiger partial charge in [0.1, 0.15) is 11.6 Å². The SMILES string of the molecule is CCC(NC)c1ccc(-c2c(F)ccc(C)c2F)cc1. The second kappa shape index (κ2) is 6.14. The largest absolute Gasteiger partial charge is 0.313 e. The second-order valence-electron chi connectivity index (χ2n) is 4.92. The molecule has 0 saturated carbocycles. The summed E-state index contributed by atoms with van der Waals surface area (Å²) in [5, 5.41) is 3.21. The lowest BCUT2D eigenvalue weighted by molar-refractivity contribution is 0.576. The molecule has 1 nitrogen and oxygen atoms in total. The van der Waals surface area contributed by atoms with Gasteiger partial charge in [-0.15, -0.1) is 0 Å². The molecule has 0 heterocycles. The third kappa shape index (κ3) is 2.73. The summed E-state index contributed by atoms with van der Waals surface area (Å²) in [5.41, 5.74) is 2.19. The molecule has 0 aromatic heterocycles. The molecule has 0 fully saturated rings. The molecule has 1 atom stereocenters. The molecule has 1 N–H and O–H groups in total. The van der Waals surface area contributed by atoms with E-state index in [1.807, 2.05) is 19.2 Å². The first-order valence-corrected chi connectivity index (χ1v) is 6.80. The van der Waals surface area contributed by atoms with Crippen LogP contribution in [-0.4, -0.2) is 7.05 Å². The molecule has 1 unspecified atom stereocenters. The minimum absolute atomic E-state index is 0.0501. The fourth-order valence-corrected chi connectivity index (χ4v) is 2.41. The van der Waals surface area contributed by atoms with Crippen LogP contribution in [0.5, 0.6) is 0 Å². The maximum Gasteiger partial charge on any atom is 0.136 e. The average Bonchev–Trinajstić information content (AvgIpc) is 2.46. The predicted molar refractivity (Wildman–Crippen MR) is 78.6 cm³/mol. The fraction of sp³-hybridized carbons (Fsp3) is 0.294. The van der Waals surface area contributed by atoms with Crippen molar-refractivity contribution in [2.24, 2.45) is 0 Å². The summed E-state index contributed by atoms with van der Waals surface area (Å²) in [6.45, 7) is 3.73. The number of rotatable bonds is 4. The maximum absolute atomic E-state index is 14.1. The van der Waals surface area contributed by atoms with Gasteiger partial charge in [0.2, 0.25) is 0 Å². The van der Waals surface area contributed by atoms with Crippen LogP contribution < -0.4 is 5.32 Å². The number of aryl methyl sites for hydroxylation is 1. The Balaban J connectivity index is 2.43. The Hall–Kier alpha value is -1.74. The van der Waals surface area contributed by atoms with Crippen LogP contribution in [0.2, 0.25) is 0 Å². The number of benzene rings is 2. The van der Waals surface area contributed by atoms with Crippen LogP contribution in [0.3, 0.4) is 0 Å². The zero-order valence-electron chi connectivity index (χ0n) is 12.0. The summed E-state index contributed by atoms with van der Waals surface area (Å²) in [6, 6.07) is 10.4. The average molecular weight is 275 g/mol. The van der Waals surface area contributed by atoms with E-state index in [4.69, 9.17) is 0 Å². The van der Waals surface area contributed by atoms with Crippen LogP contribution in [0, 0.1) is 18.6 Å². The van der Waals surface area contributed by atoms with Crippen LogP contribution in [-0.2, 0) is 0 Å². The van der Waals surface area contributed by atoms with Crippen molar-refractivity contribution in [1.82, 2.24) is 5.32 Å². The Bertz CT molecular complexity index is 587. The maximum atomic E-state index is 14.1. The highest BCUT2D eigenvalue weighted by atomic mass is 19.1. The van der Waals surface area contributed by atoms with Crippen molar-refractivity contribution in [1.29, 1.82) is 0 Å². The monoisotopic (exact) mass is 275 g/mol. The zero-order chi connectivity index (χ0) is 14.7. The summed E-state index contributed by atoms with van der Waals surface area (Å²) in [4.78, 5) is 0. The van der Waals surface area contributed by atoms with E-state index in [1.165, 1.54) is 12.1 Å². The lowest BCUT2D eigenvalue weighted by atomic mass is 9.98. The standard InChI is InChI=1S/C17H19F2N/c1-4-15(20-3)12-6-8-13(9-7-12)16-14(18)10-5-11(2)17(16)19/h5-10,15,20H,4H2,1-3H3. The van der Waals surface area contributed by atoms with E-state index < -0.39 is 11.6 Å². The predicted octanol–water partition coefficient (Wildman–Crippen LogP) is 4.61. The number of hydrogen-bond acceptors (Lipinski definition) is 1. The number of hydrogen-bond donors (Lipinski definition) is 1. The zero-order valence-corrected chi connectivity index (χ0v) is 12.0. The van der Waals surface area contributed by atoms with Crippen molar-refractivity contribution in [2.45, 2.75) is 26.3 Å². The molecule has 0 aliphatic rings. The molecule has 2 aromatic rings. The van der Waals surface area contributed by atoms with E-state index >= 15 is 0 Å². The van der Waals surface area contributed by atoms with Gasteiger partial charge in [0.05, 0.1) is 5.56 Å². The van der Waals surface area contributed by atoms with Crippen molar-refractivity contribution < 1.29 is 8.78 Å². The molecule has 2 rings (SSSR count). The van der Waals surface area contributed by atoms with Crippen molar-refractivity contribution in [2.75, 3.05) is 7.05 Å². The van der Waals surface area contributed by atoms with E-state index in [2.05, 4.69) is 12.2 Å². The molecule has 0 spiro atoms. The van der Waals surface area contributed by atoms with E-state index in [0.29, 0.717) is 11.1 Å². The summed E-state index contributed by atoms with van der Waals surface area (Å²) in [5.74, 6) is -1.01. The van der Waals surface area contributed by atoms with Gasteiger partial charge in [0, 0.05) is 6.04 Å². The van der Waals surface area contributed by atoms with Gasteiger partial charge in [0.25, 0.3) is 0 Å². The molecule has 0 radical (unpaired) electrons. The quantitative estimate of drug-likeness (QED) is 0.859. The Morgan fingerprint density at radius 3 is 2.25 bits per heavy atom. The highest BCUT2D eigenvalue weighted by Gasteiger charge is 2.14. The molecule has 0 aliphatic heterocycles. The van der Waals surface area contributed by atoms with Crippen LogP contribution >= 0.6 is 0 Å². The molecular weight excluding hydrogens is 256 g/mol. The van der Waals surface area contributed by atoms with Gasteiger partial charge in [-0.25, -0.2) is 8.78 Å². The molecular formula is C17H19F2N. The summed E-state index contributed by atoms with van der Waals surface area (Å²) >= 11 is 0. The summed E-state index contributed by atoms with van der Waals surface area (Å²) in [7, 11) is 1.90. The molecule has 20 heavy (non-hydrogen) atoms. The van der Waals surface area contributed by atoms with Crippen molar-refractivity contribution in [3.8, 4) is 11.1 Å². The number of halogens is 2. The van der Waals surface area contributed by atoms with Gasteiger partial charge >= 0.3 is 0 Å². The minimum atomic E-state index is -0.526. The van der Waals surface area contributed by atoms with Crippen molar-refractivity contribution in [3.63, 3.8) is 0 Å². The lowest BCUT2D eigenvalue weighted by Gasteiger charge is -2.15. The van der Waals surface area contributed by atoms with Crippen LogP contribution in [0.25, 0.3) is 11.1 Å².